The van der Waals surface area contributed by atoms with Crippen LogP contribution in [0.1, 0.15) is 33.1 Å². The van der Waals surface area contributed by atoms with Crippen LogP contribution in [0.5, 0.6) is 0 Å². The molecule has 0 aliphatic heterocycles. The highest BCUT2D eigenvalue weighted by Crippen LogP contribution is 2.20. The van der Waals surface area contributed by atoms with Gasteiger partial charge in [-0.2, -0.15) is 0 Å². The fraction of sp³-hybridized carbons (Fsp3) is 0.833. The summed E-state index contributed by atoms with van der Waals surface area (Å²) in [5, 5.41) is 11.0. The first-order chi connectivity index (χ1) is 6.25. The van der Waals surface area contributed by atoms with Crippen molar-refractivity contribution in [3.63, 3.8) is 0 Å². The third kappa shape index (κ3) is 5.61. The first-order valence-electron chi connectivity index (χ1n) is 5.62. The lowest BCUT2D eigenvalue weighted by Crippen LogP contribution is -2.31. The number of aliphatic hydroxyl groups excluding tert-OH is 1. The van der Waals surface area contributed by atoms with Crippen molar-refractivity contribution < 1.29 is 5.11 Å². The van der Waals surface area contributed by atoms with E-state index in [1.807, 2.05) is 0 Å². The van der Waals surface area contributed by atoms with Crippen LogP contribution in [-0.2, 0) is 0 Å². The van der Waals surface area contributed by atoms with E-state index < -0.39 is 8.07 Å². The molecule has 84 valence electrons. The summed E-state index contributed by atoms with van der Waals surface area (Å²) in [5.41, 5.74) is 0. The predicted octanol–water partition coefficient (Wildman–Crippen LogP) is 3.61. The standard InChI is InChI=1S/C12H26OSi/c1-10(2)8-7-9-12(13)11(3)14(4,5)6/h10,12-13H,3,7-9H2,1-2,4-6H3. The maximum Gasteiger partial charge on any atom is 0.0750 e. The van der Waals surface area contributed by atoms with Gasteiger partial charge < -0.3 is 5.11 Å². The second-order valence-corrected chi connectivity index (χ2v) is 10.8. The number of aliphatic hydroxyl groups is 1. The quantitative estimate of drug-likeness (QED) is 0.670. The van der Waals surface area contributed by atoms with E-state index in [2.05, 4.69) is 40.1 Å². The van der Waals surface area contributed by atoms with Crippen molar-refractivity contribution in [2.75, 3.05) is 0 Å². The second-order valence-electron chi connectivity index (χ2n) is 5.62. The van der Waals surface area contributed by atoms with Gasteiger partial charge in [-0.05, 0) is 12.3 Å². The van der Waals surface area contributed by atoms with Gasteiger partial charge in [-0.15, -0.1) is 6.58 Å². The zero-order valence-electron chi connectivity index (χ0n) is 10.4. The van der Waals surface area contributed by atoms with Crippen LogP contribution in [0.2, 0.25) is 19.6 Å². The lowest BCUT2D eigenvalue weighted by Gasteiger charge is -2.24. The average Bonchev–Trinajstić information content (AvgIpc) is 2.00. The normalized spacial score (nSPS) is 14.5. The second kappa shape index (κ2) is 5.71. The minimum atomic E-state index is -1.35. The Morgan fingerprint density at radius 3 is 2.07 bits per heavy atom. The van der Waals surface area contributed by atoms with Gasteiger partial charge in [-0.25, -0.2) is 0 Å². The molecule has 0 radical (unpaired) electrons. The highest BCUT2D eigenvalue weighted by atomic mass is 28.3. The molecule has 0 spiro atoms. The topological polar surface area (TPSA) is 20.2 Å². The summed E-state index contributed by atoms with van der Waals surface area (Å²) in [7, 11) is -1.35. The van der Waals surface area contributed by atoms with Crippen molar-refractivity contribution >= 4 is 8.07 Å². The third-order valence-corrected chi connectivity index (χ3v) is 4.88. The van der Waals surface area contributed by atoms with Crippen molar-refractivity contribution in [2.24, 2.45) is 5.92 Å². The molecule has 1 nitrogen and oxygen atoms in total. The van der Waals surface area contributed by atoms with Crippen LogP contribution >= 0.6 is 0 Å². The molecular formula is C12H26OSi. The largest absolute Gasteiger partial charge is 0.389 e. The number of hydrogen-bond acceptors (Lipinski definition) is 1. The molecule has 0 saturated heterocycles. The van der Waals surface area contributed by atoms with Gasteiger partial charge >= 0.3 is 0 Å². The van der Waals surface area contributed by atoms with Crippen LogP contribution in [-0.4, -0.2) is 19.3 Å². The van der Waals surface area contributed by atoms with Gasteiger partial charge in [0.25, 0.3) is 0 Å². The van der Waals surface area contributed by atoms with Crippen LogP contribution in [0.15, 0.2) is 11.8 Å². The van der Waals surface area contributed by atoms with E-state index in [4.69, 9.17) is 0 Å². The smallest absolute Gasteiger partial charge is 0.0750 e. The summed E-state index contributed by atoms with van der Waals surface area (Å²) < 4.78 is 0. The molecule has 0 amide bonds. The van der Waals surface area contributed by atoms with E-state index in [0.29, 0.717) is 0 Å². The predicted molar refractivity (Wildman–Crippen MR) is 67.2 cm³/mol. The Morgan fingerprint density at radius 1 is 1.21 bits per heavy atom. The summed E-state index contributed by atoms with van der Waals surface area (Å²) in [6.45, 7) is 15.2. The zero-order valence-corrected chi connectivity index (χ0v) is 11.4. The highest BCUT2D eigenvalue weighted by Gasteiger charge is 2.23. The maximum absolute atomic E-state index is 9.90. The third-order valence-electron chi connectivity index (χ3n) is 2.62. The molecular weight excluding hydrogens is 188 g/mol. The van der Waals surface area contributed by atoms with Crippen LogP contribution in [0.4, 0.5) is 0 Å². The van der Waals surface area contributed by atoms with Crippen molar-refractivity contribution in [1.82, 2.24) is 0 Å². The fourth-order valence-electron chi connectivity index (χ4n) is 1.39. The SMILES string of the molecule is C=C(C(O)CCCC(C)C)[Si](C)(C)C. The van der Waals surface area contributed by atoms with Gasteiger partial charge in [-0.1, -0.05) is 51.5 Å². The van der Waals surface area contributed by atoms with Gasteiger partial charge in [0.15, 0.2) is 0 Å². The molecule has 2 heteroatoms. The van der Waals surface area contributed by atoms with Crippen LogP contribution < -0.4 is 0 Å². The summed E-state index contributed by atoms with van der Waals surface area (Å²) in [6.07, 6.45) is 2.94. The number of hydrogen-bond donors (Lipinski definition) is 1. The fourth-order valence-corrected chi connectivity index (χ4v) is 2.54. The summed E-state index contributed by atoms with van der Waals surface area (Å²) in [4.78, 5) is 0. The zero-order chi connectivity index (χ0) is 11.4. The molecule has 0 aliphatic carbocycles. The Hall–Kier alpha value is -0.0831. The van der Waals surface area contributed by atoms with Gasteiger partial charge in [0, 0.05) is 0 Å². The van der Waals surface area contributed by atoms with E-state index in [-0.39, 0.29) is 6.10 Å². The maximum atomic E-state index is 9.90. The van der Waals surface area contributed by atoms with E-state index in [1.54, 1.807) is 0 Å². The van der Waals surface area contributed by atoms with Crippen molar-refractivity contribution in [2.45, 2.75) is 58.9 Å². The molecule has 1 unspecified atom stereocenters. The summed E-state index contributed by atoms with van der Waals surface area (Å²) >= 11 is 0. The van der Waals surface area contributed by atoms with Crippen molar-refractivity contribution in [1.29, 1.82) is 0 Å². The van der Waals surface area contributed by atoms with Gasteiger partial charge in [0.1, 0.15) is 0 Å². The lowest BCUT2D eigenvalue weighted by molar-refractivity contribution is 0.201. The molecule has 0 aliphatic rings. The Balaban J connectivity index is 3.86. The molecule has 0 aromatic rings. The Morgan fingerprint density at radius 2 is 1.71 bits per heavy atom. The highest BCUT2D eigenvalue weighted by molar-refractivity contribution is 6.83. The Kier molecular flexibility index (Phi) is 5.68. The minimum absolute atomic E-state index is 0.264. The monoisotopic (exact) mass is 214 g/mol. The summed E-state index contributed by atoms with van der Waals surface area (Å²) in [6, 6.07) is 0. The lowest BCUT2D eigenvalue weighted by atomic mass is 10.0. The molecule has 0 bridgehead atoms. The summed E-state index contributed by atoms with van der Waals surface area (Å²) in [5.74, 6) is 0.738. The van der Waals surface area contributed by atoms with Crippen molar-refractivity contribution in [3.05, 3.63) is 11.8 Å². The molecule has 0 aromatic carbocycles. The first-order valence-corrected chi connectivity index (χ1v) is 9.12. The van der Waals surface area contributed by atoms with E-state index in [9.17, 15) is 5.11 Å². The molecule has 1 N–H and O–H groups in total. The first kappa shape index (κ1) is 13.9. The van der Waals surface area contributed by atoms with E-state index >= 15 is 0 Å². The molecule has 1 atom stereocenters. The van der Waals surface area contributed by atoms with Gasteiger partial charge in [0.05, 0.1) is 14.2 Å². The Bertz CT molecular complexity index is 179. The Labute approximate surface area is 90.2 Å². The molecule has 0 heterocycles. The van der Waals surface area contributed by atoms with E-state index in [1.165, 1.54) is 6.42 Å². The van der Waals surface area contributed by atoms with Gasteiger partial charge in [-0.3, -0.25) is 0 Å². The average molecular weight is 214 g/mol. The van der Waals surface area contributed by atoms with Crippen molar-refractivity contribution in [3.8, 4) is 0 Å². The van der Waals surface area contributed by atoms with Crippen LogP contribution in [0.3, 0.4) is 0 Å². The van der Waals surface area contributed by atoms with Crippen LogP contribution in [0.25, 0.3) is 0 Å². The van der Waals surface area contributed by atoms with Crippen LogP contribution in [0, 0.1) is 5.92 Å². The van der Waals surface area contributed by atoms with Gasteiger partial charge in [0.2, 0.25) is 0 Å². The molecule has 0 aromatic heterocycles. The molecule has 0 fully saturated rings. The molecule has 0 saturated carbocycles. The minimum Gasteiger partial charge on any atom is -0.389 e. The molecule has 14 heavy (non-hydrogen) atoms. The molecule has 0 rings (SSSR count). The van der Waals surface area contributed by atoms with E-state index in [0.717, 1.165) is 24.0 Å². The number of rotatable bonds is 6.